The molecule has 0 aliphatic rings. The molecule has 0 rings (SSSR count). The number of carbonyl (C=O) groups is 1. The van der Waals surface area contributed by atoms with Crippen LogP contribution in [-0.2, 0) is 4.79 Å². The fourth-order valence-corrected chi connectivity index (χ4v) is 0.350. The van der Waals surface area contributed by atoms with Gasteiger partial charge >= 0.3 is 0 Å². The molecule has 0 heterocycles. The highest BCUT2D eigenvalue weighted by atomic mass is 16.4. The second-order valence-electron chi connectivity index (χ2n) is 2.14. The molecule has 0 aliphatic carbocycles. The summed E-state index contributed by atoms with van der Waals surface area (Å²) in [6.45, 7) is 3.00. The average molecular weight is 206 g/mol. The Morgan fingerprint density at radius 1 is 1.27 bits per heavy atom. The fourth-order valence-electron chi connectivity index (χ4n) is 0.350. The van der Waals surface area contributed by atoms with Gasteiger partial charge in [-0.2, -0.15) is 0 Å². The first-order chi connectivity index (χ1) is 7.15. The Morgan fingerprint density at radius 2 is 1.73 bits per heavy atom. The molecule has 0 aromatic carbocycles. The SMILES string of the molecule is CC(=O)O.CC=CC#CC#CC=CCO. The molecule has 3 heteroatoms. The van der Waals surface area contributed by atoms with E-state index in [0.29, 0.717) is 0 Å². The smallest absolute Gasteiger partial charge is 0.300 e. The van der Waals surface area contributed by atoms with E-state index in [0.717, 1.165) is 6.92 Å². The van der Waals surface area contributed by atoms with Gasteiger partial charge in [-0.05, 0) is 30.9 Å². The zero-order chi connectivity index (χ0) is 11.9. The second-order valence-corrected chi connectivity index (χ2v) is 2.14. The van der Waals surface area contributed by atoms with Crippen LogP contribution in [0.2, 0.25) is 0 Å². The molecule has 0 bridgehead atoms. The number of allylic oxidation sites excluding steroid dienone is 3. The van der Waals surface area contributed by atoms with E-state index in [1.54, 1.807) is 18.2 Å². The zero-order valence-electron chi connectivity index (χ0n) is 8.82. The first-order valence-corrected chi connectivity index (χ1v) is 4.22. The molecule has 3 nitrogen and oxygen atoms in total. The second kappa shape index (κ2) is 14.5. The van der Waals surface area contributed by atoms with Gasteiger partial charge in [-0.1, -0.05) is 24.0 Å². The summed E-state index contributed by atoms with van der Waals surface area (Å²) in [6, 6.07) is 0. The van der Waals surface area contributed by atoms with Gasteiger partial charge < -0.3 is 10.2 Å². The van der Waals surface area contributed by atoms with E-state index in [2.05, 4.69) is 23.7 Å². The molecule has 0 unspecified atom stereocenters. The largest absolute Gasteiger partial charge is 0.481 e. The Balaban J connectivity index is 0. The van der Waals surface area contributed by atoms with Crippen molar-refractivity contribution in [2.75, 3.05) is 6.61 Å². The van der Waals surface area contributed by atoms with Crippen molar-refractivity contribution in [1.29, 1.82) is 0 Å². The number of aliphatic carboxylic acids is 1. The van der Waals surface area contributed by atoms with Gasteiger partial charge in [-0.3, -0.25) is 4.79 Å². The van der Waals surface area contributed by atoms with Crippen molar-refractivity contribution in [3.05, 3.63) is 24.3 Å². The van der Waals surface area contributed by atoms with Gasteiger partial charge in [0.1, 0.15) is 0 Å². The molecule has 0 aromatic heterocycles. The maximum absolute atomic E-state index is 9.00. The molecule has 0 radical (unpaired) electrons. The van der Waals surface area contributed by atoms with E-state index in [-0.39, 0.29) is 6.61 Å². The zero-order valence-corrected chi connectivity index (χ0v) is 8.82. The van der Waals surface area contributed by atoms with Crippen LogP contribution in [0.1, 0.15) is 13.8 Å². The molecule has 80 valence electrons. The molecule has 0 saturated carbocycles. The first-order valence-electron chi connectivity index (χ1n) is 4.22. The predicted molar refractivity (Wildman–Crippen MR) is 59.9 cm³/mol. The normalized spacial score (nSPS) is 8.20. The highest BCUT2D eigenvalue weighted by Gasteiger charge is 1.65. The van der Waals surface area contributed by atoms with Crippen molar-refractivity contribution in [1.82, 2.24) is 0 Å². The number of carboxylic acid groups (broad SMARTS) is 1. The van der Waals surface area contributed by atoms with Crippen LogP contribution in [0.15, 0.2) is 24.3 Å². The molecule has 0 atom stereocenters. The minimum absolute atomic E-state index is 0.0248. The third kappa shape index (κ3) is 33.3. The monoisotopic (exact) mass is 206 g/mol. The van der Waals surface area contributed by atoms with Crippen molar-refractivity contribution in [3.63, 3.8) is 0 Å². The quantitative estimate of drug-likeness (QED) is 0.634. The lowest BCUT2D eigenvalue weighted by Gasteiger charge is -1.68. The predicted octanol–water partition coefficient (Wildman–Crippen LogP) is 1.21. The number of carboxylic acids is 1. The van der Waals surface area contributed by atoms with Crippen molar-refractivity contribution in [2.45, 2.75) is 13.8 Å². The van der Waals surface area contributed by atoms with Crippen LogP contribution < -0.4 is 0 Å². The molecule has 0 aliphatic heterocycles. The Hall–Kier alpha value is -1.97. The van der Waals surface area contributed by atoms with Gasteiger partial charge in [-0.15, -0.1) is 0 Å². The van der Waals surface area contributed by atoms with E-state index >= 15 is 0 Å². The Bertz CT molecular complexity index is 325. The maximum Gasteiger partial charge on any atom is 0.300 e. The number of aliphatic hydroxyl groups is 1. The van der Waals surface area contributed by atoms with E-state index in [1.165, 1.54) is 0 Å². The van der Waals surface area contributed by atoms with Crippen molar-refractivity contribution in [3.8, 4) is 23.7 Å². The molecule has 15 heavy (non-hydrogen) atoms. The van der Waals surface area contributed by atoms with Crippen LogP contribution in [0, 0.1) is 23.7 Å². The number of hydrogen-bond acceptors (Lipinski definition) is 2. The van der Waals surface area contributed by atoms with Crippen molar-refractivity contribution < 1.29 is 15.0 Å². The third-order valence-electron chi connectivity index (χ3n) is 0.763. The summed E-state index contributed by atoms with van der Waals surface area (Å²) in [6.07, 6.45) is 6.71. The summed E-state index contributed by atoms with van der Waals surface area (Å²) < 4.78 is 0. The molecule has 0 aromatic rings. The third-order valence-corrected chi connectivity index (χ3v) is 0.763. The topological polar surface area (TPSA) is 57.5 Å². The maximum atomic E-state index is 9.00. The number of hydrogen-bond donors (Lipinski definition) is 2. The van der Waals surface area contributed by atoms with Crippen LogP contribution in [0.25, 0.3) is 0 Å². The summed E-state index contributed by atoms with van der Waals surface area (Å²) in [4.78, 5) is 9.00. The lowest BCUT2D eigenvalue weighted by Crippen LogP contribution is -1.78. The molecular weight excluding hydrogens is 192 g/mol. The summed E-state index contributed by atoms with van der Waals surface area (Å²) >= 11 is 0. The molecule has 0 fully saturated rings. The van der Waals surface area contributed by atoms with Gasteiger partial charge in [0.05, 0.1) is 6.61 Å². The Labute approximate surface area is 90.1 Å². The van der Waals surface area contributed by atoms with Gasteiger partial charge in [0.25, 0.3) is 5.97 Å². The van der Waals surface area contributed by atoms with Crippen molar-refractivity contribution >= 4 is 5.97 Å². The molecule has 2 N–H and O–H groups in total. The summed E-state index contributed by atoms with van der Waals surface area (Å²) in [7, 11) is 0. The van der Waals surface area contributed by atoms with Crippen LogP contribution in [0.5, 0.6) is 0 Å². The molecular formula is C12H14O3. The van der Waals surface area contributed by atoms with Crippen LogP contribution in [-0.4, -0.2) is 22.8 Å². The molecule has 0 amide bonds. The van der Waals surface area contributed by atoms with Gasteiger partial charge in [0.2, 0.25) is 0 Å². The van der Waals surface area contributed by atoms with Crippen LogP contribution in [0.4, 0.5) is 0 Å². The Morgan fingerprint density at radius 3 is 2.13 bits per heavy atom. The van der Waals surface area contributed by atoms with E-state index in [9.17, 15) is 0 Å². The highest BCUT2D eigenvalue weighted by Crippen LogP contribution is 1.66. The van der Waals surface area contributed by atoms with Gasteiger partial charge in [0, 0.05) is 6.92 Å². The lowest BCUT2D eigenvalue weighted by atomic mass is 10.4. The van der Waals surface area contributed by atoms with E-state index in [1.807, 2.05) is 13.0 Å². The summed E-state index contributed by atoms with van der Waals surface area (Å²) in [5, 5.41) is 15.7. The lowest BCUT2D eigenvalue weighted by molar-refractivity contribution is -0.134. The Kier molecular flexibility index (Phi) is 15.0. The summed E-state index contributed by atoms with van der Waals surface area (Å²) in [5.41, 5.74) is 0. The van der Waals surface area contributed by atoms with E-state index < -0.39 is 5.97 Å². The van der Waals surface area contributed by atoms with Gasteiger partial charge in [-0.25, -0.2) is 0 Å². The first kappa shape index (κ1) is 15.5. The molecule has 0 saturated heterocycles. The number of aliphatic hydroxyl groups excluding tert-OH is 1. The number of rotatable bonds is 1. The average Bonchev–Trinajstić information content (AvgIpc) is 2.16. The summed E-state index contributed by atoms with van der Waals surface area (Å²) in [5.74, 6) is 9.73. The molecule has 0 spiro atoms. The van der Waals surface area contributed by atoms with Crippen LogP contribution >= 0.6 is 0 Å². The van der Waals surface area contributed by atoms with Crippen molar-refractivity contribution in [2.24, 2.45) is 0 Å². The minimum Gasteiger partial charge on any atom is -0.481 e. The van der Waals surface area contributed by atoms with Crippen LogP contribution in [0.3, 0.4) is 0 Å². The highest BCUT2D eigenvalue weighted by molar-refractivity contribution is 5.62. The van der Waals surface area contributed by atoms with Gasteiger partial charge in [0.15, 0.2) is 0 Å². The van der Waals surface area contributed by atoms with E-state index in [4.69, 9.17) is 15.0 Å². The fraction of sp³-hybridized carbons (Fsp3) is 0.250. The minimum atomic E-state index is -0.833. The standard InChI is InChI=1S/C10H10O.C2H4O2/c1-2-3-4-5-6-7-8-9-10-11;1-2(3)4/h2-3,8-9,11H,10H2,1H3;1H3,(H,3,4).